The second-order valence-electron chi connectivity index (χ2n) is 7.72. The monoisotopic (exact) mass is 432 g/mol. The summed E-state index contributed by atoms with van der Waals surface area (Å²) in [6.07, 6.45) is 0. The van der Waals surface area contributed by atoms with E-state index in [1.165, 1.54) is 0 Å². The first kappa shape index (κ1) is 21.3. The van der Waals surface area contributed by atoms with Gasteiger partial charge in [-0.25, -0.2) is 4.68 Å². The van der Waals surface area contributed by atoms with Crippen molar-refractivity contribution in [2.24, 2.45) is 0 Å². The number of carbonyl (C=O) groups excluding carboxylic acids is 1. The molecule has 8 nitrogen and oxygen atoms in total. The van der Waals surface area contributed by atoms with Crippen LogP contribution in [-0.4, -0.2) is 28.0 Å². The fourth-order valence-corrected chi connectivity index (χ4v) is 3.67. The number of methoxy groups -OCH3 is 1. The lowest BCUT2D eigenvalue weighted by atomic mass is 10.1. The molecule has 0 saturated carbocycles. The maximum Gasteiger partial charge on any atom is 0.297 e. The van der Waals surface area contributed by atoms with Crippen molar-refractivity contribution in [3.63, 3.8) is 0 Å². The summed E-state index contributed by atoms with van der Waals surface area (Å²) in [5.41, 5.74) is 3.50. The first-order valence-electron chi connectivity index (χ1n) is 10.2. The molecule has 1 atom stereocenters. The van der Waals surface area contributed by atoms with Crippen LogP contribution in [-0.2, 0) is 4.79 Å². The molecule has 1 amide bonds. The zero-order valence-corrected chi connectivity index (χ0v) is 18.6. The molecule has 0 saturated heterocycles. The molecule has 0 radical (unpaired) electrons. The van der Waals surface area contributed by atoms with E-state index < -0.39 is 11.6 Å². The zero-order chi connectivity index (χ0) is 23.0. The summed E-state index contributed by atoms with van der Waals surface area (Å²) in [6, 6.07) is 12.2. The van der Waals surface area contributed by atoms with Crippen LogP contribution in [0.5, 0.6) is 5.75 Å². The molecule has 0 aliphatic carbocycles. The number of para-hydroxylation sites is 1. The predicted octanol–water partition coefficient (Wildman–Crippen LogP) is 4.19. The molecule has 4 aromatic rings. The summed E-state index contributed by atoms with van der Waals surface area (Å²) in [6.45, 7) is 7.20. The maximum absolute atomic E-state index is 13.1. The van der Waals surface area contributed by atoms with Gasteiger partial charge in [-0.2, -0.15) is 5.10 Å². The Bertz CT molecular complexity index is 1350. The van der Waals surface area contributed by atoms with Gasteiger partial charge in [-0.1, -0.05) is 23.4 Å². The first-order valence-corrected chi connectivity index (χ1v) is 10.2. The van der Waals surface area contributed by atoms with Gasteiger partial charge in [0, 0.05) is 11.3 Å². The number of fused-ring (bicyclic) bond motifs is 1. The Balaban J connectivity index is 1.81. The summed E-state index contributed by atoms with van der Waals surface area (Å²) in [5, 5.41) is 12.0. The summed E-state index contributed by atoms with van der Waals surface area (Å²) in [7, 11) is 1.59. The third-order valence-corrected chi connectivity index (χ3v) is 5.56. The minimum absolute atomic E-state index is 0.134. The van der Waals surface area contributed by atoms with Gasteiger partial charge in [0.15, 0.2) is 5.52 Å². The van der Waals surface area contributed by atoms with Crippen LogP contribution in [0.25, 0.3) is 22.2 Å². The van der Waals surface area contributed by atoms with E-state index in [4.69, 9.17) is 9.26 Å². The average Bonchev–Trinajstić information content (AvgIpc) is 3.18. The zero-order valence-electron chi connectivity index (χ0n) is 18.6. The number of rotatable bonds is 5. The summed E-state index contributed by atoms with van der Waals surface area (Å²) >= 11 is 0. The molecule has 164 valence electrons. The van der Waals surface area contributed by atoms with Gasteiger partial charge in [0.25, 0.3) is 5.56 Å². The van der Waals surface area contributed by atoms with Crippen molar-refractivity contribution in [1.82, 2.24) is 14.9 Å². The number of hydrogen-bond donors (Lipinski definition) is 1. The van der Waals surface area contributed by atoms with Crippen LogP contribution in [0, 0.1) is 20.8 Å². The highest BCUT2D eigenvalue weighted by Gasteiger charge is 2.25. The predicted molar refractivity (Wildman–Crippen MR) is 122 cm³/mol. The number of ether oxygens (including phenoxy) is 1. The Morgan fingerprint density at radius 2 is 1.75 bits per heavy atom. The minimum Gasteiger partial charge on any atom is -0.497 e. The largest absolute Gasteiger partial charge is 0.497 e. The second-order valence-corrected chi connectivity index (χ2v) is 7.72. The second kappa shape index (κ2) is 8.30. The first-order chi connectivity index (χ1) is 15.3. The number of hydrogen-bond acceptors (Lipinski definition) is 6. The number of nitrogens with zero attached hydrogens (tertiary/aromatic N) is 3. The number of aryl methyl sites for hydroxylation is 3. The molecule has 2 aromatic heterocycles. The summed E-state index contributed by atoms with van der Waals surface area (Å²) < 4.78 is 11.7. The lowest BCUT2D eigenvalue weighted by Gasteiger charge is -2.17. The number of anilines is 1. The maximum atomic E-state index is 13.1. The van der Waals surface area contributed by atoms with Crippen LogP contribution in [0.4, 0.5) is 5.69 Å². The Morgan fingerprint density at radius 3 is 2.38 bits per heavy atom. The standard InChI is InChI=1S/C24H24N4O4/c1-13-7-6-8-14(2)20(13)25-23(29)15(3)28-24(30)22-19(16(4)32-27-22)21(26-28)17-9-11-18(31-5)12-10-17/h6-12,15H,1-5H3,(H,25,29)/t15-/m0/s1. The Labute approximate surface area is 184 Å². The molecule has 2 aromatic carbocycles. The van der Waals surface area contributed by atoms with Crippen molar-refractivity contribution in [2.45, 2.75) is 33.7 Å². The van der Waals surface area contributed by atoms with Crippen molar-refractivity contribution >= 4 is 22.5 Å². The molecule has 0 bridgehead atoms. The van der Waals surface area contributed by atoms with Crippen LogP contribution in [0.1, 0.15) is 29.9 Å². The number of aromatic nitrogens is 3. The van der Waals surface area contributed by atoms with E-state index >= 15 is 0 Å². The molecule has 1 N–H and O–H groups in total. The van der Waals surface area contributed by atoms with Crippen LogP contribution in [0.3, 0.4) is 0 Å². The van der Waals surface area contributed by atoms with Crippen LogP contribution < -0.4 is 15.6 Å². The van der Waals surface area contributed by atoms with Crippen molar-refractivity contribution in [3.8, 4) is 17.0 Å². The highest BCUT2D eigenvalue weighted by molar-refractivity contribution is 5.96. The van der Waals surface area contributed by atoms with Gasteiger partial charge < -0.3 is 14.6 Å². The van der Waals surface area contributed by atoms with Crippen LogP contribution in [0.15, 0.2) is 51.8 Å². The van der Waals surface area contributed by atoms with Gasteiger partial charge in [0.2, 0.25) is 5.91 Å². The van der Waals surface area contributed by atoms with E-state index in [1.807, 2.05) is 44.2 Å². The van der Waals surface area contributed by atoms with Gasteiger partial charge in [0.05, 0.1) is 12.5 Å². The average molecular weight is 432 g/mol. The van der Waals surface area contributed by atoms with Gasteiger partial charge in [-0.15, -0.1) is 0 Å². The molecular formula is C24H24N4O4. The molecule has 0 unspecified atom stereocenters. The smallest absolute Gasteiger partial charge is 0.297 e. The fraction of sp³-hybridized carbons (Fsp3) is 0.250. The number of nitrogens with one attached hydrogen (secondary N) is 1. The quantitative estimate of drug-likeness (QED) is 0.508. The number of carbonyl (C=O) groups is 1. The van der Waals surface area contributed by atoms with E-state index in [0.29, 0.717) is 22.6 Å². The lowest BCUT2D eigenvalue weighted by molar-refractivity contribution is -0.119. The van der Waals surface area contributed by atoms with Crippen LogP contribution >= 0.6 is 0 Å². The highest BCUT2D eigenvalue weighted by Crippen LogP contribution is 2.29. The molecule has 8 heteroatoms. The molecule has 0 fully saturated rings. The van der Waals surface area contributed by atoms with Crippen molar-refractivity contribution in [2.75, 3.05) is 12.4 Å². The summed E-state index contributed by atoms with van der Waals surface area (Å²) in [5.74, 6) is 0.828. The molecule has 2 heterocycles. The highest BCUT2D eigenvalue weighted by atomic mass is 16.5. The minimum atomic E-state index is -0.875. The number of benzene rings is 2. The molecule has 0 spiro atoms. The van der Waals surface area contributed by atoms with Crippen LogP contribution in [0.2, 0.25) is 0 Å². The summed E-state index contributed by atoms with van der Waals surface area (Å²) in [4.78, 5) is 26.2. The Morgan fingerprint density at radius 1 is 1.09 bits per heavy atom. The van der Waals surface area contributed by atoms with E-state index in [0.717, 1.165) is 27.1 Å². The molecule has 0 aliphatic heterocycles. The normalized spacial score (nSPS) is 12.0. The van der Waals surface area contributed by atoms with Gasteiger partial charge in [-0.05, 0) is 63.1 Å². The van der Waals surface area contributed by atoms with Crippen molar-refractivity contribution in [3.05, 3.63) is 69.7 Å². The van der Waals surface area contributed by atoms with Gasteiger partial charge in [-0.3, -0.25) is 9.59 Å². The van der Waals surface area contributed by atoms with E-state index in [2.05, 4.69) is 15.6 Å². The van der Waals surface area contributed by atoms with E-state index in [9.17, 15) is 9.59 Å². The van der Waals surface area contributed by atoms with E-state index in [1.54, 1.807) is 33.1 Å². The van der Waals surface area contributed by atoms with Crippen molar-refractivity contribution in [1.29, 1.82) is 0 Å². The van der Waals surface area contributed by atoms with E-state index in [-0.39, 0.29) is 11.4 Å². The third-order valence-electron chi connectivity index (χ3n) is 5.56. The number of amides is 1. The fourth-order valence-electron chi connectivity index (χ4n) is 3.67. The molecule has 4 rings (SSSR count). The molecule has 32 heavy (non-hydrogen) atoms. The van der Waals surface area contributed by atoms with Crippen molar-refractivity contribution < 1.29 is 14.1 Å². The Hall–Kier alpha value is -3.94. The molecular weight excluding hydrogens is 408 g/mol. The third kappa shape index (κ3) is 3.64. The SMILES string of the molecule is COc1ccc(-c2nn([C@@H](C)C(=O)Nc3c(C)cccc3C)c(=O)c3noc(C)c23)cc1. The Kier molecular flexibility index (Phi) is 5.52. The van der Waals surface area contributed by atoms with Gasteiger partial charge >= 0.3 is 0 Å². The topological polar surface area (TPSA) is 99.2 Å². The van der Waals surface area contributed by atoms with Gasteiger partial charge in [0.1, 0.15) is 23.2 Å². The molecule has 0 aliphatic rings. The lowest BCUT2D eigenvalue weighted by Crippen LogP contribution is -2.34.